The quantitative estimate of drug-likeness (QED) is 0.685. The predicted octanol–water partition coefficient (Wildman–Crippen LogP) is 4.34. The predicted molar refractivity (Wildman–Crippen MR) is 64.4 cm³/mol. The molecule has 2 bridgehead atoms. The lowest BCUT2D eigenvalue weighted by Gasteiger charge is -2.18. The molecule has 0 saturated heterocycles. The zero-order valence-corrected chi connectivity index (χ0v) is 9.36. The molecule has 1 heterocycles. The summed E-state index contributed by atoms with van der Waals surface area (Å²) in [7, 11) is 0. The highest BCUT2D eigenvalue weighted by molar-refractivity contribution is 5.77. The first-order valence-electron chi connectivity index (χ1n) is 6.38. The highest BCUT2D eigenvalue weighted by atomic mass is 16.3. The second kappa shape index (κ2) is 3.13. The van der Waals surface area contributed by atoms with E-state index in [0.717, 1.165) is 17.4 Å². The normalized spacial score (nSPS) is 32.6. The third-order valence-corrected chi connectivity index (χ3v) is 4.55. The van der Waals surface area contributed by atoms with Crippen LogP contribution in [0.4, 0.5) is 0 Å². The Kier molecular flexibility index (Phi) is 1.73. The van der Waals surface area contributed by atoms with Crippen LogP contribution in [0, 0.1) is 11.8 Å². The smallest absolute Gasteiger partial charge is 0.134 e. The number of benzene rings is 1. The Hall–Kier alpha value is -1.24. The molecule has 4 rings (SSSR count). The SMILES string of the molecule is c1ccc2oc(C3CC4CCC3C4)cc2c1. The molecule has 0 radical (unpaired) electrons. The van der Waals surface area contributed by atoms with E-state index in [2.05, 4.69) is 30.3 Å². The second-order valence-corrected chi connectivity index (χ2v) is 5.47. The fourth-order valence-corrected chi connectivity index (χ4v) is 3.78. The first-order chi connectivity index (χ1) is 7.90. The minimum absolute atomic E-state index is 0.714. The largest absolute Gasteiger partial charge is 0.461 e. The summed E-state index contributed by atoms with van der Waals surface area (Å²) >= 11 is 0. The third-order valence-electron chi connectivity index (χ3n) is 4.55. The van der Waals surface area contributed by atoms with Crippen LogP contribution in [0.15, 0.2) is 34.7 Å². The van der Waals surface area contributed by atoms with Gasteiger partial charge in [-0.1, -0.05) is 24.6 Å². The number of rotatable bonds is 1. The number of hydrogen-bond acceptors (Lipinski definition) is 1. The van der Waals surface area contributed by atoms with E-state index in [4.69, 9.17) is 4.42 Å². The van der Waals surface area contributed by atoms with Gasteiger partial charge in [-0.3, -0.25) is 0 Å². The lowest BCUT2D eigenvalue weighted by Crippen LogP contribution is -2.07. The zero-order valence-electron chi connectivity index (χ0n) is 9.36. The summed E-state index contributed by atoms with van der Waals surface area (Å²) in [6, 6.07) is 10.6. The van der Waals surface area contributed by atoms with Crippen molar-refractivity contribution in [1.82, 2.24) is 0 Å². The van der Waals surface area contributed by atoms with Crippen molar-refractivity contribution in [3.8, 4) is 0 Å². The van der Waals surface area contributed by atoms with E-state index in [1.807, 2.05) is 0 Å². The first-order valence-corrected chi connectivity index (χ1v) is 6.38. The van der Waals surface area contributed by atoms with Crippen LogP contribution in [0.1, 0.15) is 37.4 Å². The minimum atomic E-state index is 0.714. The Labute approximate surface area is 95.5 Å². The van der Waals surface area contributed by atoms with Gasteiger partial charge < -0.3 is 4.42 Å². The standard InChI is InChI=1S/C15H16O/c1-2-4-14-12(3-1)9-15(16-14)13-8-10-5-6-11(13)7-10/h1-4,9-11,13H,5-8H2. The van der Waals surface area contributed by atoms with Gasteiger partial charge in [-0.15, -0.1) is 0 Å². The summed E-state index contributed by atoms with van der Waals surface area (Å²) in [6.45, 7) is 0. The molecule has 2 aliphatic carbocycles. The maximum atomic E-state index is 6.00. The lowest BCUT2D eigenvalue weighted by atomic mass is 9.87. The number of para-hydroxylation sites is 1. The monoisotopic (exact) mass is 212 g/mol. The van der Waals surface area contributed by atoms with Gasteiger partial charge in [-0.25, -0.2) is 0 Å². The van der Waals surface area contributed by atoms with E-state index in [9.17, 15) is 0 Å². The third kappa shape index (κ3) is 1.17. The average Bonchev–Trinajstić information content (AvgIpc) is 3.02. The van der Waals surface area contributed by atoms with Gasteiger partial charge in [-0.2, -0.15) is 0 Å². The van der Waals surface area contributed by atoms with Gasteiger partial charge in [0.2, 0.25) is 0 Å². The molecule has 0 amide bonds. The van der Waals surface area contributed by atoms with Crippen molar-refractivity contribution < 1.29 is 4.42 Å². The molecule has 1 aromatic carbocycles. The van der Waals surface area contributed by atoms with Gasteiger partial charge in [0.1, 0.15) is 11.3 Å². The van der Waals surface area contributed by atoms with E-state index in [0.29, 0.717) is 5.92 Å². The highest BCUT2D eigenvalue weighted by Crippen LogP contribution is 2.53. The van der Waals surface area contributed by atoms with Crippen molar-refractivity contribution in [2.24, 2.45) is 11.8 Å². The summed E-state index contributed by atoms with van der Waals surface area (Å²) in [6.07, 6.45) is 5.69. The highest BCUT2D eigenvalue weighted by Gasteiger charge is 2.41. The van der Waals surface area contributed by atoms with Gasteiger partial charge in [0, 0.05) is 11.3 Å². The topological polar surface area (TPSA) is 13.1 Å². The van der Waals surface area contributed by atoms with E-state index in [-0.39, 0.29) is 0 Å². The summed E-state index contributed by atoms with van der Waals surface area (Å²) in [5.41, 5.74) is 1.06. The Morgan fingerprint density at radius 2 is 2.00 bits per heavy atom. The Bertz CT molecular complexity index is 492. The van der Waals surface area contributed by atoms with Crippen molar-refractivity contribution in [2.75, 3.05) is 0 Å². The molecular formula is C15H16O. The van der Waals surface area contributed by atoms with Crippen molar-refractivity contribution >= 4 is 11.0 Å². The van der Waals surface area contributed by atoms with Gasteiger partial charge in [-0.05, 0) is 43.2 Å². The van der Waals surface area contributed by atoms with E-state index in [1.165, 1.54) is 36.8 Å². The molecule has 16 heavy (non-hydrogen) atoms. The number of fused-ring (bicyclic) bond motifs is 3. The van der Waals surface area contributed by atoms with Gasteiger partial charge in [0.25, 0.3) is 0 Å². The van der Waals surface area contributed by atoms with Crippen molar-refractivity contribution in [1.29, 1.82) is 0 Å². The molecule has 1 nitrogen and oxygen atoms in total. The average molecular weight is 212 g/mol. The Morgan fingerprint density at radius 3 is 2.75 bits per heavy atom. The molecule has 2 fully saturated rings. The van der Waals surface area contributed by atoms with Crippen LogP contribution < -0.4 is 0 Å². The van der Waals surface area contributed by atoms with E-state index < -0.39 is 0 Å². The number of hydrogen-bond donors (Lipinski definition) is 0. The molecule has 2 aromatic rings. The fourth-order valence-electron chi connectivity index (χ4n) is 3.78. The minimum Gasteiger partial charge on any atom is -0.461 e. The van der Waals surface area contributed by atoms with Crippen LogP contribution in [-0.4, -0.2) is 0 Å². The molecule has 2 aliphatic rings. The molecule has 3 unspecified atom stereocenters. The lowest BCUT2D eigenvalue weighted by molar-refractivity contribution is 0.366. The summed E-state index contributed by atoms with van der Waals surface area (Å²) in [5.74, 6) is 3.85. The Morgan fingerprint density at radius 1 is 1.06 bits per heavy atom. The van der Waals surface area contributed by atoms with Crippen LogP contribution >= 0.6 is 0 Å². The van der Waals surface area contributed by atoms with Crippen LogP contribution in [-0.2, 0) is 0 Å². The van der Waals surface area contributed by atoms with Crippen LogP contribution in [0.25, 0.3) is 11.0 Å². The molecule has 3 atom stereocenters. The zero-order chi connectivity index (χ0) is 10.5. The number of furan rings is 1. The van der Waals surface area contributed by atoms with Crippen molar-refractivity contribution in [3.63, 3.8) is 0 Å². The van der Waals surface area contributed by atoms with Gasteiger partial charge in [0.15, 0.2) is 0 Å². The molecule has 2 saturated carbocycles. The van der Waals surface area contributed by atoms with E-state index >= 15 is 0 Å². The van der Waals surface area contributed by atoms with Crippen LogP contribution in [0.2, 0.25) is 0 Å². The van der Waals surface area contributed by atoms with E-state index in [1.54, 1.807) is 0 Å². The molecule has 0 aliphatic heterocycles. The molecule has 82 valence electrons. The maximum absolute atomic E-state index is 6.00. The summed E-state index contributed by atoms with van der Waals surface area (Å²) in [5, 5.41) is 1.26. The molecule has 0 N–H and O–H groups in total. The first kappa shape index (κ1) is 8.86. The summed E-state index contributed by atoms with van der Waals surface area (Å²) in [4.78, 5) is 0. The molecule has 1 aromatic heterocycles. The molecule has 1 heteroatoms. The molecule has 0 spiro atoms. The summed E-state index contributed by atoms with van der Waals surface area (Å²) < 4.78 is 6.00. The van der Waals surface area contributed by atoms with Crippen molar-refractivity contribution in [3.05, 3.63) is 36.1 Å². The van der Waals surface area contributed by atoms with Gasteiger partial charge in [0.05, 0.1) is 0 Å². The van der Waals surface area contributed by atoms with Crippen LogP contribution in [0.3, 0.4) is 0 Å². The second-order valence-electron chi connectivity index (χ2n) is 5.47. The molecular weight excluding hydrogens is 196 g/mol. The maximum Gasteiger partial charge on any atom is 0.134 e. The van der Waals surface area contributed by atoms with Gasteiger partial charge >= 0.3 is 0 Å². The van der Waals surface area contributed by atoms with Crippen LogP contribution in [0.5, 0.6) is 0 Å². The van der Waals surface area contributed by atoms with Crippen molar-refractivity contribution in [2.45, 2.75) is 31.6 Å². The Balaban J connectivity index is 1.76. The fraction of sp³-hybridized carbons (Fsp3) is 0.467.